The molecule has 1 saturated carbocycles. The molecule has 4 aromatic rings. The second-order valence-electron chi connectivity index (χ2n) is 9.11. The maximum Gasteiger partial charge on any atom is 0.254 e. The summed E-state index contributed by atoms with van der Waals surface area (Å²) >= 11 is 0. The van der Waals surface area contributed by atoms with Crippen LogP contribution in [-0.2, 0) is 4.79 Å². The Labute approximate surface area is 190 Å². The Morgan fingerprint density at radius 2 is 1.94 bits per heavy atom. The lowest BCUT2D eigenvalue weighted by Crippen LogP contribution is -2.38. The minimum atomic E-state index is 0.0348. The zero-order valence-corrected chi connectivity index (χ0v) is 18.4. The third-order valence-corrected chi connectivity index (χ3v) is 6.69. The zero-order valence-electron chi connectivity index (χ0n) is 18.4. The van der Waals surface area contributed by atoms with Gasteiger partial charge in [0.2, 0.25) is 5.91 Å². The second kappa shape index (κ2) is 7.62. The summed E-state index contributed by atoms with van der Waals surface area (Å²) in [6, 6.07) is 11.8. The molecular weight excluding hydrogens is 414 g/mol. The molecule has 1 aromatic carbocycles. The van der Waals surface area contributed by atoms with Gasteiger partial charge in [0.05, 0.1) is 0 Å². The molecule has 1 atom stereocenters. The van der Waals surface area contributed by atoms with E-state index in [4.69, 9.17) is 0 Å². The fraction of sp³-hybridized carbons (Fsp3) is 0.269. The number of H-pyrrole nitrogens is 2. The zero-order chi connectivity index (χ0) is 22.5. The van der Waals surface area contributed by atoms with Gasteiger partial charge in [-0.1, -0.05) is 19.1 Å². The number of hydrogen-bond acceptors (Lipinski definition) is 3. The summed E-state index contributed by atoms with van der Waals surface area (Å²) in [6.45, 7) is 3.31. The molecule has 3 N–H and O–H groups in total. The fourth-order valence-corrected chi connectivity index (χ4v) is 4.73. The van der Waals surface area contributed by atoms with Crippen LogP contribution in [0.3, 0.4) is 0 Å². The minimum absolute atomic E-state index is 0.0348. The van der Waals surface area contributed by atoms with E-state index in [0.717, 1.165) is 40.3 Å². The third-order valence-electron chi connectivity index (χ3n) is 6.69. The molecule has 1 fully saturated rings. The molecule has 4 heterocycles. The van der Waals surface area contributed by atoms with Crippen LogP contribution in [-0.4, -0.2) is 44.8 Å². The summed E-state index contributed by atoms with van der Waals surface area (Å²) in [4.78, 5) is 38.3. The number of nitrogens with one attached hydrogen (secondary N) is 3. The highest BCUT2D eigenvalue weighted by Gasteiger charge is 2.30. The number of hydrogen-bond donors (Lipinski definition) is 3. The second-order valence-corrected chi connectivity index (χ2v) is 9.11. The smallest absolute Gasteiger partial charge is 0.254 e. The van der Waals surface area contributed by atoms with Gasteiger partial charge in [-0.2, -0.15) is 0 Å². The number of pyridine rings is 1. The van der Waals surface area contributed by atoms with Crippen molar-refractivity contribution >= 4 is 45.1 Å². The van der Waals surface area contributed by atoms with Crippen LogP contribution in [0.2, 0.25) is 0 Å². The van der Waals surface area contributed by atoms with E-state index in [9.17, 15) is 9.59 Å². The van der Waals surface area contributed by atoms with Crippen molar-refractivity contribution in [2.75, 3.05) is 18.4 Å². The number of benzene rings is 1. The molecule has 0 radical (unpaired) electrons. The summed E-state index contributed by atoms with van der Waals surface area (Å²) in [5, 5.41) is 5.09. The largest absolute Gasteiger partial charge is 0.361 e. The van der Waals surface area contributed by atoms with E-state index in [2.05, 4.69) is 33.3 Å². The summed E-state index contributed by atoms with van der Waals surface area (Å²) < 4.78 is 0. The van der Waals surface area contributed by atoms with Gasteiger partial charge in [0.1, 0.15) is 11.5 Å². The maximum absolute atomic E-state index is 13.2. The van der Waals surface area contributed by atoms with Gasteiger partial charge in [-0.15, -0.1) is 0 Å². The minimum Gasteiger partial charge on any atom is -0.361 e. The van der Waals surface area contributed by atoms with Gasteiger partial charge in [0.25, 0.3) is 5.91 Å². The highest BCUT2D eigenvalue weighted by molar-refractivity contribution is 6.00. The van der Waals surface area contributed by atoms with Gasteiger partial charge in [-0.3, -0.25) is 9.59 Å². The average Bonchev–Trinajstić information content (AvgIpc) is 3.38. The fourth-order valence-electron chi connectivity index (χ4n) is 4.73. The first kappa shape index (κ1) is 19.8. The quantitative estimate of drug-likeness (QED) is 0.435. The van der Waals surface area contributed by atoms with Crippen molar-refractivity contribution in [2.45, 2.75) is 19.8 Å². The summed E-state index contributed by atoms with van der Waals surface area (Å²) in [6.07, 6.45) is 7.79. The Balaban J connectivity index is 1.29. The Morgan fingerprint density at radius 3 is 2.76 bits per heavy atom. The number of amides is 2. The topological polar surface area (TPSA) is 93.9 Å². The van der Waals surface area contributed by atoms with Crippen LogP contribution < -0.4 is 5.32 Å². The first-order chi connectivity index (χ1) is 16.1. The molecule has 7 heteroatoms. The molecular formula is C26H25N5O2. The van der Waals surface area contributed by atoms with E-state index in [1.165, 1.54) is 5.57 Å². The van der Waals surface area contributed by atoms with Crippen LogP contribution in [0.25, 0.3) is 27.5 Å². The lowest BCUT2D eigenvalue weighted by molar-refractivity contribution is -0.117. The molecule has 1 aliphatic carbocycles. The number of aromatic amines is 2. The monoisotopic (exact) mass is 439 g/mol. The molecule has 33 heavy (non-hydrogen) atoms. The van der Waals surface area contributed by atoms with Crippen molar-refractivity contribution in [2.24, 2.45) is 11.8 Å². The molecule has 2 aliphatic rings. The van der Waals surface area contributed by atoms with Crippen LogP contribution in [0.5, 0.6) is 0 Å². The lowest BCUT2D eigenvalue weighted by Gasteiger charge is -2.32. The Bertz CT molecular complexity index is 1430. The average molecular weight is 440 g/mol. The predicted molar refractivity (Wildman–Crippen MR) is 129 cm³/mol. The molecule has 1 aliphatic heterocycles. The predicted octanol–water partition coefficient (Wildman–Crippen LogP) is 4.57. The van der Waals surface area contributed by atoms with Crippen molar-refractivity contribution in [1.82, 2.24) is 19.9 Å². The van der Waals surface area contributed by atoms with Crippen molar-refractivity contribution in [3.63, 3.8) is 0 Å². The molecule has 7 nitrogen and oxygen atoms in total. The van der Waals surface area contributed by atoms with Crippen molar-refractivity contribution in [3.8, 4) is 0 Å². The lowest BCUT2D eigenvalue weighted by atomic mass is 9.89. The number of rotatable bonds is 4. The number of aromatic nitrogens is 3. The Morgan fingerprint density at radius 1 is 1.09 bits per heavy atom. The standard InChI is InChI=1S/C26H25N5O2/c1-15-14-31(26(33)18-5-2-16-6-9-27-22(16)12-18)11-8-19(15)21-13-23(30-25(32)17-3-4-17)29-24-20(21)7-10-28-24/h2,5-10,12-13,15,17,27H,3-4,11,14H2,1H3,(H2,28,29,30,32). The number of carbonyl (C=O) groups excluding carboxylic acids is 2. The van der Waals surface area contributed by atoms with Crippen LogP contribution in [0, 0.1) is 11.8 Å². The molecule has 166 valence electrons. The molecule has 0 spiro atoms. The normalized spacial score (nSPS) is 18.5. The van der Waals surface area contributed by atoms with Crippen LogP contribution >= 0.6 is 0 Å². The summed E-state index contributed by atoms with van der Waals surface area (Å²) in [7, 11) is 0. The van der Waals surface area contributed by atoms with Gasteiger partial charge in [-0.25, -0.2) is 4.98 Å². The highest BCUT2D eigenvalue weighted by atomic mass is 16.2. The van der Waals surface area contributed by atoms with Crippen molar-refractivity contribution < 1.29 is 9.59 Å². The number of anilines is 1. The molecule has 3 aromatic heterocycles. The highest BCUT2D eigenvalue weighted by Crippen LogP contribution is 2.35. The van der Waals surface area contributed by atoms with Gasteiger partial charge >= 0.3 is 0 Å². The van der Waals surface area contributed by atoms with Crippen molar-refractivity contribution in [3.05, 3.63) is 66.0 Å². The molecule has 1 unspecified atom stereocenters. The molecule has 0 bridgehead atoms. The van der Waals surface area contributed by atoms with Gasteiger partial charge in [0, 0.05) is 47.9 Å². The molecule has 6 rings (SSSR count). The number of carbonyl (C=O) groups is 2. The van der Waals surface area contributed by atoms with Crippen LogP contribution in [0.15, 0.2) is 54.9 Å². The Kier molecular flexibility index (Phi) is 4.57. The summed E-state index contributed by atoms with van der Waals surface area (Å²) in [5.41, 5.74) is 4.64. The first-order valence-electron chi connectivity index (χ1n) is 11.4. The van der Waals surface area contributed by atoms with E-state index < -0.39 is 0 Å². The van der Waals surface area contributed by atoms with E-state index in [1.807, 2.05) is 53.7 Å². The number of fused-ring (bicyclic) bond motifs is 2. The van der Waals surface area contributed by atoms with Gasteiger partial charge in [0.15, 0.2) is 0 Å². The first-order valence-corrected chi connectivity index (χ1v) is 11.4. The van der Waals surface area contributed by atoms with Crippen LogP contribution in [0.4, 0.5) is 5.82 Å². The van der Waals surface area contributed by atoms with Crippen molar-refractivity contribution in [1.29, 1.82) is 0 Å². The van der Waals surface area contributed by atoms with Gasteiger partial charge in [-0.05, 0) is 65.6 Å². The number of nitrogens with zero attached hydrogens (tertiary/aromatic N) is 2. The SMILES string of the molecule is CC1CN(C(=O)c2ccc3cc[nH]c3c2)CC=C1c1cc(NC(=O)C2CC2)nc2[nH]ccc12. The Hall–Kier alpha value is -3.87. The molecule has 2 amide bonds. The van der Waals surface area contributed by atoms with Crippen LogP contribution in [0.1, 0.15) is 35.7 Å². The molecule has 0 saturated heterocycles. The van der Waals surface area contributed by atoms with E-state index in [1.54, 1.807) is 0 Å². The maximum atomic E-state index is 13.2. The van der Waals surface area contributed by atoms with E-state index >= 15 is 0 Å². The summed E-state index contributed by atoms with van der Waals surface area (Å²) in [5.74, 6) is 0.910. The van der Waals surface area contributed by atoms with Gasteiger partial charge < -0.3 is 20.2 Å². The van der Waals surface area contributed by atoms with E-state index in [0.29, 0.717) is 24.5 Å². The third kappa shape index (κ3) is 3.59. The van der Waals surface area contributed by atoms with E-state index in [-0.39, 0.29) is 23.7 Å².